The van der Waals surface area contributed by atoms with Gasteiger partial charge in [-0.2, -0.15) is 0 Å². The van der Waals surface area contributed by atoms with Crippen LogP contribution in [0.5, 0.6) is 0 Å². The fourth-order valence-corrected chi connectivity index (χ4v) is 1.35. The van der Waals surface area contributed by atoms with E-state index in [9.17, 15) is 0 Å². The normalized spacial score (nSPS) is 10.2. The molecule has 0 saturated carbocycles. The van der Waals surface area contributed by atoms with E-state index in [1.165, 1.54) is 0 Å². The van der Waals surface area contributed by atoms with Gasteiger partial charge in [-0.1, -0.05) is 36.1 Å². The highest BCUT2D eigenvalue weighted by atomic mass is 14.6. The summed E-state index contributed by atoms with van der Waals surface area (Å²) < 4.78 is 0. The molecular formula is C14H11N. The molecule has 1 heterocycles. The lowest BCUT2D eigenvalue weighted by Gasteiger charge is -1.95. The summed E-state index contributed by atoms with van der Waals surface area (Å²) in [6.45, 7) is 1.95. The topological polar surface area (TPSA) is 12.9 Å². The molecule has 0 spiro atoms. The van der Waals surface area contributed by atoms with Crippen LogP contribution in [0.15, 0.2) is 48.7 Å². The number of benzene rings is 1. The zero-order chi connectivity index (χ0) is 10.5. The SMILES string of the molecule is C/C=C\C#Cc1cnc2ccccc2c1. The van der Waals surface area contributed by atoms with Crippen LogP contribution in [0.4, 0.5) is 0 Å². The molecule has 0 N–H and O–H groups in total. The average molecular weight is 193 g/mol. The van der Waals surface area contributed by atoms with E-state index in [0.29, 0.717) is 0 Å². The molecule has 0 bridgehead atoms. The van der Waals surface area contributed by atoms with Crippen molar-refractivity contribution in [2.45, 2.75) is 6.92 Å². The summed E-state index contributed by atoms with van der Waals surface area (Å²) in [5, 5.41) is 1.13. The Labute approximate surface area is 89.5 Å². The Bertz CT molecular complexity index is 556. The molecule has 1 aromatic heterocycles. The molecule has 0 aliphatic heterocycles. The van der Waals surface area contributed by atoms with E-state index in [1.54, 1.807) is 6.20 Å². The molecule has 0 aliphatic rings. The Balaban J connectivity index is 2.44. The molecule has 2 aromatic rings. The monoisotopic (exact) mass is 193 g/mol. The van der Waals surface area contributed by atoms with E-state index in [1.807, 2.05) is 43.3 Å². The fraction of sp³-hybridized carbons (Fsp3) is 0.0714. The minimum absolute atomic E-state index is 0.951. The third-order valence-corrected chi connectivity index (χ3v) is 2.06. The van der Waals surface area contributed by atoms with Gasteiger partial charge >= 0.3 is 0 Å². The zero-order valence-electron chi connectivity index (χ0n) is 8.57. The molecule has 2 rings (SSSR count). The lowest BCUT2D eigenvalue weighted by molar-refractivity contribution is 1.39. The van der Waals surface area contributed by atoms with Gasteiger partial charge in [-0.15, -0.1) is 0 Å². The highest BCUT2D eigenvalue weighted by Gasteiger charge is 1.93. The van der Waals surface area contributed by atoms with Gasteiger partial charge in [-0.05, 0) is 25.1 Å². The van der Waals surface area contributed by atoms with Crippen LogP contribution < -0.4 is 0 Å². The van der Waals surface area contributed by atoms with Crippen molar-refractivity contribution in [3.8, 4) is 11.8 Å². The predicted molar refractivity (Wildman–Crippen MR) is 63.4 cm³/mol. The second kappa shape index (κ2) is 4.43. The van der Waals surface area contributed by atoms with Gasteiger partial charge in [0.1, 0.15) is 0 Å². The first-order valence-electron chi connectivity index (χ1n) is 4.87. The molecule has 0 saturated heterocycles. The molecule has 15 heavy (non-hydrogen) atoms. The Kier molecular flexibility index (Phi) is 2.80. The van der Waals surface area contributed by atoms with Crippen molar-refractivity contribution in [3.05, 3.63) is 54.2 Å². The van der Waals surface area contributed by atoms with Gasteiger partial charge in [0.05, 0.1) is 5.52 Å². The Morgan fingerprint density at radius 2 is 2.13 bits per heavy atom. The number of hydrogen-bond donors (Lipinski definition) is 0. The molecule has 0 radical (unpaired) electrons. The van der Waals surface area contributed by atoms with Crippen LogP contribution >= 0.6 is 0 Å². The third-order valence-electron chi connectivity index (χ3n) is 2.06. The van der Waals surface area contributed by atoms with E-state index < -0.39 is 0 Å². The summed E-state index contributed by atoms with van der Waals surface area (Å²) in [4.78, 5) is 4.33. The number of hydrogen-bond acceptors (Lipinski definition) is 1. The summed E-state index contributed by atoms with van der Waals surface area (Å²) >= 11 is 0. The van der Waals surface area contributed by atoms with Gasteiger partial charge in [0.15, 0.2) is 0 Å². The van der Waals surface area contributed by atoms with Gasteiger partial charge in [0.25, 0.3) is 0 Å². The van der Waals surface area contributed by atoms with Crippen molar-refractivity contribution < 1.29 is 0 Å². The van der Waals surface area contributed by atoms with E-state index in [4.69, 9.17) is 0 Å². The van der Waals surface area contributed by atoms with Crippen LogP contribution in [0.25, 0.3) is 10.9 Å². The number of nitrogens with zero attached hydrogens (tertiary/aromatic N) is 1. The van der Waals surface area contributed by atoms with Crippen LogP contribution in [0, 0.1) is 11.8 Å². The molecule has 1 heteroatoms. The molecule has 0 aliphatic carbocycles. The maximum Gasteiger partial charge on any atom is 0.0702 e. The highest BCUT2D eigenvalue weighted by Crippen LogP contribution is 2.11. The second-order valence-corrected chi connectivity index (χ2v) is 3.19. The number of allylic oxidation sites excluding steroid dienone is 2. The van der Waals surface area contributed by atoms with E-state index in [0.717, 1.165) is 16.5 Å². The molecule has 0 atom stereocenters. The molecule has 1 nitrogen and oxygen atoms in total. The number of para-hydroxylation sites is 1. The maximum atomic E-state index is 4.33. The van der Waals surface area contributed by atoms with Crippen LogP contribution in [-0.2, 0) is 0 Å². The van der Waals surface area contributed by atoms with Crippen LogP contribution in [0.3, 0.4) is 0 Å². The summed E-state index contributed by atoms with van der Waals surface area (Å²) in [5.41, 5.74) is 1.96. The first kappa shape index (κ1) is 9.48. The summed E-state index contributed by atoms with van der Waals surface area (Å²) in [6, 6.07) is 10.1. The lowest BCUT2D eigenvalue weighted by Crippen LogP contribution is -1.80. The first-order valence-corrected chi connectivity index (χ1v) is 4.87. The minimum Gasteiger partial charge on any atom is -0.255 e. The summed E-state index contributed by atoms with van der Waals surface area (Å²) in [6.07, 6.45) is 5.55. The highest BCUT2D eigenvalue weighted by molar-refractivity contribution is 5.79. The van der Waals surface area contributed by atoms with E-state index >= 15 is 0 Å². The second-order valence-electron chi connectivity index (χ2n) is 3.19. The van der Waals surface area contributed by atoms with Crippen LogP contribution in [0.2, 0.25) is 0 Å². The number of fused-ring (bicyclic) bond motifs is 1. The van der Waals surface area contributed by atoms with Crippen molar-refractivity contribution in [1.82, 2.24) is 4.98 Å². The average Bonchev–Trinajstić information content (AvgIpc) is 2.29. The van der Waals surface area contributed by atoms with Crippen molar-refractivity contribution in [3.63, 3.8) is 0 Å². The van der Waals surface area contributed by atoms with Crippen molar-refractivity contribution in [2.75, 3.05) is 0 Å². The van der Waals surface area contributed by atoms with Crippen molar-refractivity contribution >= 4 is 10.9 Å². The molecular weight excluding hydrogens is 182 g/mol. The van der Waals surface area contributed by atoms with Crippen LogP contribution in [-0.4, -0.2) is 4.98 Å². The van der Waals surface area contributed by atoms with Gasteiger partial charge < -0.3 is 0 Å². The molecule has 0 fully saturated rings. The van der Waals surface area contributed by atoms with Crippen molar-refractivity contribution in [1.29, 1.82) is 0 Å². The van der Waals surface area contributed by atoms with Gasteiger partial charge in [-0.3, -0.25) is 4.98 Å². The predicted octanol–water partition coefficient (Wildman–Crippen LogP) is 3.16. The summed E-state index contributed by atoms with van der Waals surface area (Å²) in [7, 11) is 0. The van der Waals surface area contributed by atoms with E-state index in [2.05, 4.69) is 22.9 Å². The van der Waals surface area contributed by atoms with Crippen LogP contribution in [0.1, 0.15) is 12.5 Å². The fourth-order valence-electron chi connectivity index (χ4n) is 1.35. The number of rotatable bonds is 0. The third kappa shape index (κ3) is 2.24. The quantitative estimate of drug-likeness (QED) is 0.586. The molecule has 72 valence electrons. The molecule has 0 amide bonds. The number of pyridine rings is 1. The standard InChI is InChI=1S/C14H11N/c1-2-3-4-7-12-10-13-8-5-6-9-14(13)15-11-12/h2-3,5-6,8-11H,1H3/b3-2-. The maximum absolute atomic E-state index is 4.33. The zero-order valence-corrected chi connectivity index (χ0v) is 8.57. The summed E-state index contributed by atoms with van der Waals surface area (Å²) in [5.74, 6) is 5.98. The van der Waals surface area contributed by atoms with Crippen molar-refractivity contribution in [2.24, 2.45) is 0 Å². The smallest absolute Gasteiger partial charge is 0.0702 e. The number of aromatic nitrogens is 1. The Hall–Kier alpha value is -2.07. The first-order chi connectivity index (χ1) is 7.40. The lowest BCUT2D eigenvalue weighted by atomic mass is 10.2. The minimum atomic E-state index is 0.951. The van der Waals surface area contributed by atoms with E-state index in [-0.39, 0.29) is 0 Å². The van der Waals surface area contributed by atoms with Gasteiger partial charge in [0, 0.05) is 17.1 Å². The molecule has 0 unspecified atom stereocenters. The van der Waals surface area contributed by atoms with Gasteiger partial charge in [0.2, 0.25) is 0 Å². The largest absolute Gasteiger partial charge is 0.255 e. The van der Waals surface area contributed by atoms with Gasteiger partial charge in [-0.25, -0.2) is 0 Å². The Morgan fingerprint density at radius 1 is 1.27 bits per heavy atom. The molecule has 1 aromatic carbocycles. The Morgan fingerprint density at radius 3 is 3.00 bits per heavy atom.